The fraction of sp³-hybridized carbons (Fsp3) is 0.500. The van der Waals surface area contributed by atoms with Crippen LogP contribution in [0.3, 0.4) is 0 Å². The summed E-state index contributed by atoms with van der Waals surface area (Å²) in [4.78, 5) is 28.7. The topological polar surface area (TPSA) is 106 Å². The van der Waals surface area contributed by atoms with E-state index in [1.54, 1.807) is 24.4 Å². The lowest BCUT2D eigenvalue weighted by Crippen LogP contribution is -2.49. The number of likely N-dealkylation sites (tertiary alicyclic amines) is 1. The van der Waals surface area contributed by atoms with Crippen LogP contribution in [0.5, 0.6) is 0 Å². The van der Waals surface area contributed by atoms with Gasteiger partial charge in [-0.2, -0.15) is 0 Å². The molecule has 3 atom stereocenters. The Bertz CT molecular complexity index is 1020. The van der Waals surface area contributed by atoms with Crippen molar-refractivity contribution in [3.8, 4) is 0 Å². The Morgan fingerprint density at radius 3 is 2.41 bits per heavy atom. The minimum Gasteiger partial charge on any atom is -0.465 e. The van der Waals surface area contributed by atoms with Gasteiger partial charge >= 0.3 is 6.09 Å². The number of hydrogen-bond acceptors (Lipinski definition) is 5. The molecule has 8 nitrogen and oxygen atoms in total. The molecule has 1 fully saturated rings. The van der Waals surface area contributed by atoms with E-state index in [2.05, 4.69) is 38.8 Å². The summed E-state index contributed by atoms with van der Waals surface area (Å²) in [7, 11) is -2.25. The van der Waals surface area contributed by atoms with Crippen LogP contribution in [0.25, 0.3) is 0 Å². The summed E-state index contributed by atoms with van der Waals surface area (Å²) in [6.45, 7) is 10.8. The van der Waals surface area contributed by atoms with Crippen molar-refractivity contribution in [3.63, 3.8) is 0 Å². The second-order valence-electron chi connectivity index (χ2n) is 10.3. The highest BCUT2D eigenvalue weighted by Crippen LogP contribution is 2.44. The molecule has 3 rings (SSSR count). The van der Waals surface area contributed by atoms with Crippen molar-refractivity contribution in [2.45, 2.75) is 76.4 Å². The summed E-state index contributed by atoms with van der Waals surface area (Å²) < 4.78 is 6.81. The lowest BCUT2D eigenvalue weighted by Gasteiger charge is -2.42. The number of nitro benzene ring substituents is 1. The van der Waals surface area contributed by atoms with Gasteiger partial charge in [0.25, 0.3) is 5.69 Å². The molecule has 1 unspecified atom stereocenters. The van der Waals surface area contributed by atoms with Gasteiger partial charge in [-0.3, -0.25) is 15.0 Å². The molecule has 2 heterocycles. The molecule has 2 aromatic rings. The molecule has 1 aromatic heterocycles. The fourth-order valence-electron chi connectivity index (χ4n) is 4.15. The van der Waals surface area contributed by atoms with E-state index >= 15 is 0 Å². The number of halogens is 1. The van der Waals surface area contributed by atoms with Crippen LogP contribution in [0.1, 0.15) is 50.8 Å². The van der Waals surface area contributed by atoms with Crippen LogP contribution in [-0.2, 0) is 10.8 Å². The molecule has 1 aromatic carbocycles. The molecule has 34 heavy (non-hydrogen) atoms. The summed E-state index contributed by atoms with van der Waals surface area (Å²) >= 11 is 6.02. The summed E-state index contributed by atoms with van der Waals surface area (Å²) in [5.41, 5.74) is 1.68. The van der Waals surface area contributed by atoms with Gasteiger partial charge in [0, 0.05) is 29.9 Å². The van der Waals surface area contributed by atoms with E-state index in [-0.39, 0.29) is 22.8 Å². The van der Waals surface area contributed by atoms with Gasteiger partial charge in [-0.05, 0) is 49.0 Å². The molecule has 0 spiro atoms. The Balaban J connectivity index is 1.92. The van der Waals surface area contributed by atoms with E-state index < -0.39 is 25.4 Å². The Kier molecular flexibility index (Phi) is 7.69. The summed E-state index contributed by atoms with van der Waals surface area (Å²) in [6.07, 6.45) is 2.00. The van der Waals surface area contributed by atoms with E-state index in [4.69, 9.17) is 16.0 Å². The Morgan fingerprint density at radius 1 is 1.26 bits per heavy atom. The van der Waals surface area contributed by atoms with Gasteiger partial charge < -0.3 is 9.53 Å². The number of benzene rings is 1. The SMILES string of the molecule is CC(C)(C)[Si](C)(C)OC(c1ccc(Cl)nc1)[C@H]1CC[C@@H](Cc2ccc([N+](=O)[O-])cc2)N1C(=O)O. The molecule has 0 radical (unpaired) electrons. The van der Waals surface area contributed by atoms with Crippen molar-refractivity contribution in [1.29, 1.82) is 0 Å². The maximum absolute atomic E-state index is 12.5. The van der Waals surface area contributed by atoms with E-state index in [0.717, 1.165) is 11.1 Å². The second-order valence-corrected chi connectivity index (χ2v) is 15.5. The zero-order chi connectivity index (χ0) is 25.3. The first-order valence-corrected chi connectivity index (χ1v) is 14.6. The lowest BCUT2D eigenvalue weighted by atomic mass is 10.0. The van der Waals surface area contributed by atoms with Crippen molar-refractivity contribution < 1.29 is 19.3 Å². The Hall–Kier alpha value is -2.49. The normalized spacial score (nSPS) is 19.8. The predicted octanol–water partition coefficient (Wildman–Crippen LogP) is 6.46. The van der Waals surface area contributed by atoms with Gasteiger partial charge in [0.05, 0.1) is 17.1 Å². The monoisotopic (exact) mass is 505 g/mol. The molecular formula is C24H32ClN3O5Si. The van der Waals surface area contributed by atoms with E-state index in [1.165, 1.54) is 17.0 Å². The molecule has 1 aliphatic heterocycles. The molecule has 0 bridgehead atoms. The molecule has 184 valence electrons. The van der Waals surface area contributed by atoms with Crippen LogP contribution in [-0.4, -0.2) is 46.4 Å². The number of carbonyl (C=O) groups is 1. The first kappa shape index (κ1) is 26.1. The van der Waals surface area contributed by atoms with Crippen LogP contribution >= 0.6 is 11.6 Å². The van der Waals surface area contributed by atoms with Gasteiger partial charge in [0.1, 0.15) is 5.15 Å². The smallest absolute Gasteiger partial charge is 0.407 e. The van der Waals surface area contributed by atoms with E-state index in [9.17, 15) is 20.0 Å². The Labute approximate surface area is 206 Å². The lowest BCUT2D eigenvalue weighted by molar-refractivity contribution is -0.384. The highest BCUT2D eigenvalue weighted by molar-refractivity contribution is 6.74. The molecule has 0 aliphatic carbocycles. The number of aromatic nitrogens is 1. The van der Waals surface area contributed by atoms with Gasteiger partial charge in [-0.15, -0.1) is 0 Å². The molecule has 1 N–H and O–H groups in total. The molecule has 1 saturated heterocycles. The number of amides is 1. The molecule has 10 heteroatoms. The van der Waals surface area contributed by atoms with Crippen LogP contribution in [0, 0.1) is 10.1 Å². The van der Waals surface area contributed by atoms with E-state index in [0.29, 0.717) is 24.4 Å². The standard InChI is InChI=1S/C24H32ClN3O5Si/c1-24(2,3)34(4,5)33-22(17-8-13-21(25)26-15-17)20-12-11-19(27(20)23(29)30)14-16-6-9-18(10-7-16)28(31)32/h6-10,13,15,19-20,22H,11-12,14H2,1-5H3,(H,29,30)/t19-,20+,22?/m0/s1. The van der Waals surface area contributed by atoms with Crippen molar-refractivity contribution in [3.05, 3.63) is 69.0 Å². The van der Waals surface area contributed by atoms with Crippen molar-refractivity contribution in [2.75, 3.05) is 0 Å². The summed E-state index contributed by atoms with van der Waals surface area (Å²) in [6, 6.07) is 9.22. The number of carboxylic acid groups (broad SMARTS) is 1. The van der Waals surface area contributed by atoms with Crippen LogP contribution in [0.4, 0.5) is 10.5 Å². The highest BCUT2D eigenvalue weighted by Gasteiger charge is 2.46. The molecular weight excluding hydrogens is 474 g/mol. The fourth-order valence-corrected chi connectivity index (χ4v) is 5.55. The van der Waals surface area contributed by atoms with Crippen molar-refractivity contribution in [1.82, 2.24) is 9.88 Å². The first-order valence-electron chi connectivity index (χ1n) is 11.3. The number of non-ortho nitro benzene ring substituents is 1. The average molecular weight is 506 g/mol. The van der Waals surface area contributed by atoms with Gasteiger partial charge in [0.15, 0.2) is 8.32 Å². The Morgan fingerprint density at radius 2 is 1.91 bits per heavy atom. The number of pyridine rings is 1. The van der Waals surface area contributed by atoms with Gasteiger partial charge in [0.2, 0.25) is 0 Å². The minimum absolute atomic E-state index is 0.0150. The maximum Gasteiger partial charge on any atom is 0.407 e. The largest absolute Gasteiger partial charge is 0.465 e. The summed E-state index contributed by atoms with van der Waals surface area (Å²) in [5.74, 6) is 0. The van der Waals surface area contributed by atoms with Crippen LogP contribution in [0.2, 0.25) is 23.3 Å². The maximum atomic E-state index is 12.5. The third kappa shape index (κ3) is 5.76. The zero-order valence-corrected chi connectivity index (χ0v) is 22.0. The predicted molar refractivity (Wildman–Crippen MR) is 134 cm³/mol. The molecule has 1 amide bonds. The third-order valence-corrected chi connectivity index (χ3v) is 11.7. The summed E-state index contributed by atoms with van der Waals surface area (Å²) in [5, 5.41) is 21.5. The number of rotatable bonds is 7. The quantitative estimate of drug-likeness (QED) is 0.200. The second kappa shape index (κ2) is 10.0. The minimum atomic E-state index is -2.25. The highest BCUT2D eigenvalue weighted by atomic mass is 35.5. The van der Waals surface area contributed by atoms with Crippen LogP contribution < -0.4 is 0 Å². The zero-order valence-electron chi connectivity index (χ0n) is 20.2. The van der Waals surface area contributed by atoms with Gasteiger partial charge in [-0.1, -0.05) is 50.6 Å². The number of nitrogens with zero attached hydrogens (tertiary/aromatic N) is 3. The molecule has 0 saturated carbocycles. The average Bonchev–Trinajstić information content (AvgIpc) is 3.16. The van der Waals surface area contributed by atoms with Crippen molar-refractivity contribution >= 4 is 31.7 Å². The van der Waals surface area contributed by atoms with E-state index in [1.807, 2.05) is 6.07 Å². The van der Waals surface area contributed by atoms with Gasteiger partial charge in [-0.25, -0.2) is 9.78 Å². The third-order valence-electron chi connectivity index (χ3n) is 7.04. The first-order chi connectivity index (χ1) is 15.8. The number of nitro groups is 1. The molecule has 1 aliphatic rings. The van der Waals surface area contributed by atoms with Crippen LogP contribution in [0.15, 0.2) is 42.6 Å². The van der Waals surface area contributed by atoms with Crippen molar-refractivity contribution in [2.24, 2.45) is 0 Å². The number of hydrogen-bond donors (Lipinski definition) is 1.